The molecule has 0 aliphatic carbocycles. The zero-order valence-corrected chi connectivity index (χ0v) is 22.3. The second-order valence-corrected chi connectivity index (χ2v) is 11.3. The number of aromatic amines is 1. The minimum atomic E-state index is -3.91. The monoisotopic (exact) mass is 560 g/mol. The van der Waals surface area contributed by atoms with Gasteiger partial charge in [0.1, 0.15) is 17.4 Å². The van der Waals surface area contributed by atoms with Crippen LogP contribution in [0.15, 0.2) is 88.1 Å². The first-order valence-electron chi connectivity index (χ1n) is 12.8. The Kier molecular flexibility index (Phi) is 7.94. The lowest BCUT2D eigenvalue weighted by atomic mass is 10.0. The van der Waals surface area contributed by atoms with Crippen LogP contribution in [-0.4, -0.2) is 42.0 Å². The molecule has 0 aliphatic rings. The molecule has 2 aromatic heterocycles. The highest BCUT2D eigenvalue weighted by Gasteiger charge is 2.25. The number of para-hydroxylation sites is 2. The van der Waals surface area contributed by atoms with Gasteiger partial charge in [-0.1, -0.05) is 48.5 Å². The van der Waals surface area contributed by atoms with Crippen LogP contribution in [0.2, 0.25) is 0 Å². The van der Waals surface area contributed by atoms with Gasteiger partial charge in [-0.25, -0.2) is 18.1 Å². The van der Waals surface area contributed by atoms with Gasteiger partial charge in [-0.2, -0.15) is 0 Å². The molecule has 5 aromatic rings. The Morgan fingerprint density at radius 2 is 1.77 bits per heavy atom. The number of benzene rings is 3. The topological polar surface area (TPSA) is 154 Å². The molecule has 10 nitrogen and oxygen atoms in total. The second kappa shape index (κ2) is 11.7. The molecule has 0 aliphatic heterocycles. The van der Waals surface area contributed by atoms with Crippen molar-refractivity contribution in [3.05, 3.63) is 106 Å². The lowest BCUT2D eigenvalue weighted by Crippen LogP contribution is -2.42. The van der Waals surface area contributed by atoms with Crippen LogP contribution in [0.4, 0.5) is 5.95 Å². The smallest absolute Gasteiger partial charge is 0.322 e. The van der Waals surface area contributed by atoms with Gasteiger partial charge in [-0.3, -0.25) is 9.59 Å². The van der Waals surface area contributed by atoms with E-state index in [1.165, 1.54) is 6.07 Å². The predicted octanol–water partition coefficient (Wildman–Crippen LogP) is 3.83. The summed E-state index contributed by atoms with van der Waals surface area (Å²) in [6.07, 6.45) is 1.10. The number of carboxylic acid groups (broad SMARTS) is 1. The molecule has 2 heterocycles. The molecule has 0 spiro atoms. The van der Waals surface area contributed by atoms with Gasteiger partial charge in [0.15, 0.2) is 5.43 Å². The highest BCUT2D eigenvalue weighted by Crippen LogP contribution is 2.18. The summed E-state index contributed by atoms with van der Waals surface area (Å²) in [5.41, 5.74) is 3.00. The number of carboxylic acids is 1. The number of nitrogens with one attached hydrogen (secondary N) is 3. The van der Waals surface area contributed by atoms with Crippen LogP contribution >= 0.6 is 0 Å². The largest absolute Gasteiger partial charge is 0.480 e. The van der Waals surface area contributed by atoms with E-state index in [2.05, 4.69) is 20.0 Å². The summed E-state index contributed by atoms with van der Waals surface area (Å²) in [6, 6.07) is 21.1. The van der Waals surface area contributed by atoms with E-state index in [0.717, 1.165) is 11.0 Å². The number of hydrogen-bond donors (Lipinski definition) is 4. The molecule has 0 amide bonds. The number of anilines is 1. The number of aliphatic carboxylic acids is 1. The number of nitrogens with zero attached hydrogens (tertiary/aromatic N) is 1. The standard InChI is InChI=1S/C29H28N4O6S/c34-26-17-21(9-6-14-30-29-31-23-10-4-5-11-24(23)32-29)39-27-13-12-20(15-22(26)27)16-25(28(35)36)33-40(37,38)18-19-7-2-1-3-8-19/h1-5,7-8,10-13,15,17,25,33H,6,9,14,16,18H2,(H,35,36)(H2,30,31,32)/t25-/m0/s1. The van der Waals surface area contributed by atoms with E-state index in [1.54, 1.807) is 48.5 Å². The first kappa shape index (κ1) is 27.1. The first-order chi connectivity index (χ1) is 19.3. The molecule has 0 saturated carbocycles. The number of hydrogen-bond acceptors (Lipinski definition) is 7. The van der Waals surface area contributed by atoms with Gasteiger partial charge in [0.25, 0.3) is 0 Å². The van der Waals surface area contributed by atoms with Crippen molar-refractivity contribution in [1.82, 2.24) is 14.7 Å². The molecule has 1 atom stereocenters. The Hall–Kier alpha value is -4.48. The van der Waals surface area contributed by atoms with Gasteiger partial charge in [-0.15, -0.1) is 0 Å². The summed E-state index contributed by atoms with van der Waals surface area (Å²) < 4.78 is 33.4. The molecule has 206 valence electrons. The summed E-state index contributed by atoms with van der Waals surface area (Å²) in [7, 11) is -3.91. The maximum Gasteiger partial charge on any atom is 0.322 e. The van der Waals surface area contributed by atoms with Gasteiger partial charge < -0.3 is 19.8 Å². The lowest BCUT2D eigenvalue weighted by Gasteiger charge is -2.15. The Labute approximate surface area is 230 Å². The highest BCUT2D eigenvalue weighted by atomic mass is 32.2. The quantitative estimate of drug-likeness (QED) is 0.168. The fraction of sp³-hybridized carbons (Fsp3) is 0.207. The van der Waals surface area contributed by atoms with Crippen molar-refractivity contribution < 1.29 is 22.7 Å². The van der Waals surface area contributed by atoms with Gasteiger partial charge in [0.05, 0.1) is 22.2 Å². The van der Waals surface area contributed by atoms with Crippen molar-refractivity contribution >= 4 is 43.9 Å². The lowest BCUT2D eigenvalue weighted by molar-refractivity contribution is -0.138. The van der Waals surface area contributed by atoms with Crippen LogP contribution in [0, 0.1) is 0 Å². The van der Waals surface area contributed by atoms with E-state index >= 15 is 0 Å². The third-order valence-electron chi connectivity index (χ3n) is 6.38. The van der Waals surface area contributed by atoms with Crippen molar-refractivity contribution in [2.45, 2.75) is 31.1 Å². The number of sulfonamides is 1. The molecule has 0 radical (unpaired) electrons. The first-order valence-corrected chi connectivity index (χ1v) is 14.4. The van der Waals surface area contributed by atoms with Gasteiger partial charge in [0.2, 0.25) is 16.0 Å². The molecule has 40 heavy (non-hydrogen) atoms. The summed E-state index contributed by atoms with van der Waals surface area (Å²) in [5, 5.41) is 13.2. The van der Waals surface area contributed by atoms with E-state index in [9.17, 15) is 23.1 Å². The summed E-state index contributed by atoms with van der Waals surface area (Å²) >= 11 is 0. The molecule has 11 heteroatoms. The molecular formula is C29H28N4O6S. The number of rotatable bonds is 12. The summed E-state index contributed by atoms with van der Waals surface area (Å²) in [5.74, 6) is -0.435. The maximum absolute atomic E-state index is 12.8. The van der Waals surface area contributed by atoms with Gasteiger partial charge in [0, 0.05) is 19.0 Å². The minimum Gasteiger partial charge on any atom is -0.480 e. The van der Waals surface area contributed by atoms with Crippen LogP contribution < -0.4 is 15.5 Å². The molecule has 0 saturated heterocycles. The van der Waals surface area contributed by atoms with E-state index in [4.69, 9.17) is 4.42 Å². The SMILES string of the molecule is O=C(O)[C@H](Cc1ccc2oc(CCCNc3nc4ccccc4[nH]3)cc(=O)c2c1)NS(=O)(=O)Cc1ccccc1. The molecule has 3 aromatic carbocycles. The van der Waals surface area contributed by atoms with Crippen molar-refractivity contribution in [2.24, 2.45) is 0 Å². The fourth-order valence-corrected chi connectivity index (χ4v) is 5.81. The normalized spacial score (nSPS) is 12.5. The number of imidazole rings is 1. The highest BCUT2D eigenvalue weighted by molar-refractivity contribution is 7.88. The molecule has 0 fully saturated rings. The zero-order chi connectivity index (χ0) is 28.1. The van der Waals surface area contributed by atoms with Crippen LogP contribution in [-0.2, 0) is 33.4 Å². The van der Waals surface area contributed by atoms with E-state index in [1.807, 2.05) is 24.3 Å². The molecule has 0 bridgehead atoms. The van der Waals surface area contributed by atoms with Gasteiger partial charge in [-0.05, 0) is 48.2 Å². The fourth-order valence-electron chi connectivity index (χ4n) is 4.48. The van der Waals surface area contributed by atoms with Crippen LogP contribution in [0.25, 0.3) is 22.0 Å². The molecule has 0 unspecified atom stereocenters. The Balaban J connectivity index is 1.22. The Morgan fingerprint density at radius 1 is 1.00 bits per heavy atom. The minimum absolute atomic E-state index is 0.131. The van der Waals surface area contributed by atoms with E-state index in [0.29, 0.717) is 53.2 Å². The number of carbonyl (C=O) groups is 1. The molecule has 4 N–H and O–H groups in total. The molecular weight excluding hydrogens is 532 g/mol. The predicted molar refractivity (Wildman–Crippen MR) is 153 cm³/mol. The van der Waals surface area contributed by atoms with Crippen molar-refractivity contribution in [3.63, 3.8) is 0 Å². The van der Waals surface area contributed by atoms with E-state index in [-0.39, 0.29) is 17.6 Å². The number of aryl methyl sites for hydroxylation is 1. The van der Waals surface area contributed by atoms with Crippen LogP contribution in [0.1, 0.15) is 23.3 Å². The van der Waals surface area contributed by atoms with Crippen LogP contribution in [0.3, 0.4) is 0 Å². The summed E-state index contributed by atoms with van der Waals surface area (Å²) in [6.45, 7) is 0.622. The van der Waals surface area contributed by atoms with Crippen molar-refractivity contribution in [2.75, 3.05) is 11.9 Å². The van der Waals surface area contributed by atoms with Gasteiger partial charge >= 0.3 is 5.97 Å². The van der Waals surface area contributed by atoms with Crippen molar-refractivity contribution in [3.8, 4) is 0 Å². The number of fused-ring (bicyclic) bond motifs is 2. The zero-order valence-electron chi connectivity index (χ0n) is 21.5. The second-order valence-electron chi connectivity index (χ2n) is 9.50. The molecule has 5 rings (SSSR count). The Bertz CT molecular complexity index is 1780. The van der Waals surface area contributed by atoms with Crippen molar-refractivity contribution in [1.29, 1.82) is 0 Å². The van der Waals surface area contributed by atoms with E-state index < -0.39 is 22.0 Å². The third-order valence-corrected chi connectivity index (χ3v) is 7.74. The Morgan fingerprint density at radius 3 is 2.55 bits per heavy atom. The maximum atomic E-state index is 12.8. The third kappa shape index (κ3) is 6.74. The number of aromatic nitrogens is 2. The number of H-pyrrole nitrogens is 1. The summed E-state index contributed by atoms with van der Waals surface area (Å²) in [4.78, 5) is 32.4. The average Bonchev–Trinajstić information content (AvgIpc) is 3.34. The van der Waals surface area contributed by atoms with Crippen LogP contribution in [0.5, 0.6) is 0 Å². The average molecular weight is 561 g/mol.